The average molecular weight is 304 g/mol. The number of pyridine rings is 1. The van der Waals surface area contributed by atoms with E-state index < -0.39 is 4.92 Å². The highest BCUT2D eigenvalue weighted by atomic mass is 19.1. The minimum Gasteiger partial charge on any atom is -0.354 e. The maximum atomic E-state index is 12.3. The molecule has 0 saturated carbocycles. The molecule has 0 unspecified atom stereocenters. The average Bonchev–Trinajstić information content (AvgIpc) is 2.55. The number of halogens is 1. The fraction of sp³-hybridized carbons (Fsp3) is 0.400. The van der Waals surface area contributed by atoms with E-state index in [1.54, 1.807) is 6.07 Å². The van der Waals surface area contributed by atoms with Crippen LogP contribution in [0, 0.1) is 10.1 Å². The first-order chi connectivity index (χ1) is 10.7. The molecule has 116 valence electrons. The molecule has 2 aromatic rings. The van der Waals surface area contributed by atoms with Crippen LogP contribution >= 0.6 is 0 Å². The summed E-state index contributed by atoms with van der Waals surface area (Å²) in [7, 11) is 0. The zero-order chi connectivity index (χ0) is 15.5. The second kappa shape index (κ2) is 6.23. The Hall–Kier alpha value is -2.28. The van der Waals surface area contributed by atoms with Gasteiger partial charge in [0.1, 0.15) is 12.5 Å². The van der Waals surface area contributed by atoms with Crippen LogP contribution in [0.25, 0.3) is 10.9 Å². The lowest BCUT2D eigenvalue weighted by atomic mass is 10.2. The van der Waals surface area contributed by atoms with Crippen molar-refractivity contribution >= 4 is 22.4 Å². The van der Waals surface area contributed by atoms with Gasteiger partial charge in [-0.05, 0) is 18.2 Å². The van der Waals surface area contributed by atoms with E-state index >= 15 is 0 Å². The maximum Gasteiger partial charge on any atom is 0.270 e. The molecule has 3 rings (SSSR count). The summed E-state index contributed by atoms with van der Waals surface area (Å²) in [5, 5.41) is 11.5. The first-order valence-corrected chi connectivity index (χ1v) is 7.26. The number of hydrogen-bond donors (Lipinski definition) is 0. The van der Waals surface area contributed by atoms with Crippen molar-refractivity contribution < 1.29 is 9.31 Å². The Labute approximate surface area is 127 Å². The Morgan fingerprint density at radius 2 is 1.95 bits per heavy atom. The maximum absolute atomic E-state index is 12.3. The highest BCUT2D eigenvalue weighted by Gasteiger charge is 2.18. The lowest BCUT2D eigenvalue weighted by Gasteiger charge is -2.34. The van der Waals surface area contributed by atoms with Crippen molar-refractivity contribution in [3.63, 3.8) is 0 Å². The zero-order valence-electron chi connectivity index (χ0n) is 12.1. The summed E-state index contributed by atoms with van der Waals surface area (Å²) in [5.74, 6) is 0.862. The van der Waals surface area contributed by atoms with Crippen LogP contribution < -0.4 is 4.90 Å². The van der Waals surface area contributed by atoms with E-state index in [1.165, 1.54) is 12.1 Å². The van der Waals surface area contributed by atoms with E-state index in [0.29, 0.717) is 6.54 Å². The number of non-ortho nitro benzene ring substituents is 1. The molecule has 6 nitrogen and oxygen atoms in total. The van der Waals surface area contributed by atoms with Crippen LogP contribution in [-0.4, -0.2) is 54.2 Å². The van der Waals surface area contributed by atoms with Crippen LogP contribution in [0.3, 0.4) is 0 Å². The molecular formula is C15H17FN4O2. The summed E-state index contributed by atoms with van der Waals surface area (Å²) in [5.41, 5.74) is 0.816. The van der Waals surface area contributed by atoms with Gasteiger partial charge < -0.3 is 4.90 Å². The molecule has 0 amide bonds. The molecule has 1 aromatic heterocycles. The molecule has 2 heterocycles. The third kappa shape index (κ3) is 2.99. The number of fused-ring (bicyclic) bond motifs is 1. The number of nitrogens with zero attached hydrogens (tertiary/aromatic N) is 4. The van der Waals surface area contributed by atoms with Gasteiger partial charge in [-0.25, -0.2) is 9.37 Å². The molecule has 1 saturated heterocycles. The van der Waals surface area contributed by atoms with Crippen LogP contribution in [0.2, 0.25) is 0 Å². The fourth-order valence-corrected chi connectivity index (χ4v) is 2.71. The van der Waals surface area contributed by atoms with Crippen LogP contribution in [0.4, 0.5) is 15.9 Å². The van der Waals surface area contributed by atoms with Crippen molar-refractivity contribution in [2.24, 2.45) is 0 Å². The van der Waals surface area contributed by atoms with Crippen molar-refractivity contribution in [2.75, 3.05) is 44.3 Å². The van der Waals surface area contributed by atoms with Gasteiger partial charge in [-0.1, -0.05) is 0 Å². The monoisotopic (exact) mass is 304 g/mol. The van der Waals surface area contributed by atoms with Gasteiger partial charge in [0.05, 0.1) is 10.4 Å². The van der Waals surface area contributed by atoms with Crippen molar-refractivity contribution in [3.8, 4) is 0 Å². The number of nitro benzene ring substituents is 1. The van der Waals surface area contributed by atoms with Gasteiger partial charge in [0.25, 0.3) is 5.69 Å². The summed E-state index contributed by atoms with van der Waals surface area (Å²) in [6.07, 6.45) is 0. The van der Waals surface area contributed by atoms with E-state index in [9.17, 15) is 14.5 Å². The van der Waals surface area contributed by atoms with Crippen LogP contribution in [-0.2, 0) is 0 Å². The van der Waals surface area contributed by atoms with Gasteiger partial charge in [0.2, 0.25) is 0 Å². The standard InChI is InChI=1S/C15H17FN4O2/c16-5-6-18-7-9-19(10-8-18)15-4-1-12-11-13(20(21)22)2-3-14(12)17-15/h1-4,11H,5-10H2. The number of benzene rings is 1. The number of alkyl halides is 1. The lowest BCUT2D eigenvalue weighted by molar-refractivity contribution is -0.384. The quantitative estimate of drug-likeness (QED) is 0.640. The van der Waals surface area contributed by atoms with E-state index in [2.05, 4.69) is 14.8 Å². The molecule has 1 aliphatic heterocycles. The molecular weight excluding hydrogens is 287 g/mol. The van der Waals surface area contributed by atoms with E-state index in [4.69, 9.17) is 0 Å². The lowest BCUT2D eigenvalue weighted by Crippen LogP contribution is -2.47. The molecule has 0 spiro atoms. The van der Waals surface area contributed by atoms with Crippen molar-refractivity contribution in [2.45, 2.75) is 0 Å². The van der Waals surface area contributed by atoms with Gasteiger partial charge in [-0.15, -0.1) is 0 Å². The summed E-state index contributed by atoms with van der Waals surface area (Å²) < 4.78 is 12.3. The van der Waals surface area contributed by atoms with Crippen molar-refractivity contribution in [3.05, 3.63) is 40.4 Å². The zero-order valence-corrected chi connectivity index (χ0v) is 12.1. The van der Waals surface area contributed by atoms with Gasteiger partial charge in [0, 0.05) is 50.2 Å². The number of anilines is 1. The highest BCUT2D eigenvalue weighted by molar-refractivity contribution is 5.82. The van der Waals surface area contributed by atoms with E-state index in [1.807, 2.05) is 12.1 Å². The normalized spacial score (nSPS) is 16.1. The molecule has 0 N–H and O–H groups in total. The molecule has 7 heteroatoms. The Balaban J connectivity index is 1.78. The highest BCUT2D eigenvalue weighted by Crippen LogP contribution is 2.23. The first kappa shape index (κ1) is 14.6. The molecule has 0 aliphatic carbocycles. The number of aromatic nitrogens is 1. The predicted molar refractivity (Wildman–Crippen MR) is 83.0 cm³/mol. The van der Waals surface area contributed by atoms with Crippen LogP contribution in [0.5, 0.6) is 0 Å². The molecule has 1 aromatic carbocycles. The SMILES string of the molecule is O=[N+]([O-])c1ccc2nc(N3CCN(CCF)CC3)ccc2c1. The number of hydrogen-bond acceptors (Lipinski definition) is 5. The van der Waals surface area contributed by atoms with Crippen molar-refractivity contribution in [1.82, 2.24) is 9.88 Å². The molecule has 0 bridgehead atoms. The smallest absolute Gasteiger partial charge is 0.270 e. The second-order valence-corrected chi connectivity index (χ2v) is 5.32. The first-order valence-electron chi connectivity index (χ1n) is 7.26. The molecule has 0 radical (unpaired) electrons. The Kier molecular flexibility index (Phi) is 4.15. The van der Waals surface area contributed by atoms with E-state index in [0.717, 1.165) is 42.9 Å². The van der Waals surface area contributed by atoms with Crippen LogP contribution in [0.1, 0.15) is 0 Å². The van der Waals surface area contributed by atoms with Crippen LogP contribution in [0.15, 0.2) is 30.3 Å². The van der Waals surface area contributed by atoms with Gasteiger partial charge in [0.15, 0.2) is 0 Å². The fourth-order valence-electron chi connectivity index (χ4n) is 2.71. The van der Waals surface area contributed by atoms with Crippen molar-refractivity contribution in [1.29, 1.82) is 0 Å². The Bertz CT molecular complexity index is 686. The molecule has 22 heavy (non-hydrogen) atoms. The largest absolute Gasteiger partial charge is 0.354 e. The Morgan fingerprint density at radius 3 is 2.64 bits per heavy atom. The second-order valence-electron chi connectivity index (χ2n) is 5.32. The number of piperazine rings is 1. The minimum atomic E-state index is -0.405. The summed E-state index contributed by atoms with van der Waals surface area (Å²) in [6.45, 7) is 3.44. The summed E-state index contributed by atoms with van der Waals surface area (Å²) in [4.78, 5) is 19.2. The third-order valence-corrected chi connectivity index (χ3v) is 3.97. The topological polar surface area (TPSA) is 62.5 Å². The molecule has 1 fully saturated rings. The number of rotatable bonds is 4. The molecule has 1 aliphatic rings. The van der Waals surface area contributed by atoms with Gasteiger partial charge in [-0.3, -0.25) is 15.0 Å². The van der Waals surface area contributed by atoms with E-state index in [-0.39, 0.29) is 12.4 Å². The minimum absolute atomic E-state index is 0.0712. The summed E-state index contributed by atoms with van der Waals surface area (Å²) in [6, 6.07) is 8.43. The predicted octanol–water partition coefficient (Wildman–Crippen LogP) is 2.23. The number of nitro groups is 1. The Morgan fingerprint density at radius 1 is 1.18 bits per heavy atom. The molecule has 0 atom stereocenters. The van der Waals surface area contributed by atoms with Gasteiger partial charge in [-0.2, -0.15) is 0 Å². The third-order valence-electron chi connectivity index (χ3n) is 3.97. The summed E-state index contributed by atoms with van der Waals surface area (Å²) >= 11 is 0. The van der Waals surface area contributed by atoms with Gasteiger partial charge >= 0.3 is 0 Å².